The van der Waals surface area contributed by atoms with E-state index in [1.807, 2.05) is 36.4 Å². The van der Waals surface area contributed by atoms with Gasteiger partial charge in [-0.25, -0.2) is 4.39 Å². The minimum atomic E-state index is -0.382. The molecule has 0 aromatic heterocycles. The number of halogens is 1. The fourth-order valence-corrected chi connectivity index (χ4v) is 3.44. The van der Waals surface area contributed by atoms with Crippen molar-refractivity contribution in [2.75, 3.05) is 0 Å². The lowest BCUT2D eigenvalue weighted by Gasteiger charge is -2.23. The monoisotopic (exact) mass is 324 g/mol. The van der Waals surface area contributed by atoms with Crippen molar-refractivity contribution in [2.45, 2.75) is 43.8 Å². The number of aryl methyl sites for hydroxylation is 1. The van der Waals surface area contributed by atoms with E-state index >= 15 is 0 Å². The summed E-state index contributed by atoms with van der Waals surface area (Å²) in [6.45, 7) is 0. The molecule has 3 nitrogen and oxygen atoms in total. The van der Waals surface area contributed by atoms with E-state index in [9.17, 15) is 9.18 Å². The highest BCUT2D eigenvalue weighted by atomic mass is 19.1. The Morgan fingerprint density at radius 3 is 2.62 bits per heavy atom. The Morgan fingerprint density at radius 1 is 1.08 bits per heavy atom. The lowest BCUT2D eigenvalue weighted by molar-refractivity contribution is -0.123. The highest BCUT2D eigenvalue weighted by Crippen LogP contribution is 2.34. The van der Waals surface area contributed by atoms with Crippen LogP contribution < -0.4 is 10.6 Å². The second kappa shape index (κ2) is 6.36. The van der Waals surface area contributed by atoms with Gasteiger partial charge in [0.05, 0.1) is 0 Å². The summed E-state index contributed by atoms with van der Waals surface area (Å²) in [5.74, 6) is -0.167. The molecule has 1 amide bonds. The Morgan fingerprint density at radius 2 is 1.88 bits per heavy atom. The summed E-state index contributed by atoms with van der Waals surface area (Å²) < 4.78 is 13.4. The molecule has 0 saturated heterocycles. The summed E-state index contributed by atoms with van der Waals surface area (Å²) in [7, 11) is 0. The summed E-state index contributed by atoms with van der Waals surface area (Å²) in [5.41, 5.74) is 3.12. The molecule has 0 bridgehead atoms. The Hall–Kier alpha value is -2.20. The number of hydrogen-bond acceptors (Lipinski definition) is 2. The molecule has 1 saturated carbocycles. The molecule has 0 radical (unpaired) electrons. The van der Waals surface area contributed by atoms with Gasteiger partial charge in [-0.1, -0.05) is 36.4 Å². The average molecular weight is 324 g/mol. The Balaban J connectivity index is 1.57. The molecule has 2 N–H and O–H groups in total. The minimum Gasteiger partial charge on any atom is -0.352 e. The molecule has 2 aliphatic carbocycles. The Labute approximate surface area is 141 Å². The number of fused-ring (bicyclic) bond motifs is 1. The largest absolute Gasteiger partial charge is 0.352 e. The van der Waals surface area contributed by atoms with Crippen molar-refractivity contribution in [3.63, 3.8) is 0 Å². The van der Waals surface area contributed by atoms with Crippen LogP contribution in [0, 0.1) is 5.82 Å². The first-order valence-corrected chi connectivity index (χ1v) is 8.60. The quantitative estimate of drug-likeness (QED) is 0.885. The summed E-state index contributed by atoms with van der Waals surface area (Å²) in [6.07, 6.45) is 3.87. The molecule has 0 heterocycles. The zero-order valence-corrected chi connectivity index (χ0v) is 13.5. The molecule has 124 valence electrons. The van der Waals surface area contributed by atoms with E-state index in [1.54, 1.807) is 6.07 Å². The molecule has 2 aromatic carbocycles. The van der Waals surface area contributed by atoms with Gasteiger partial charge < -0.3 is 5.32 Å². The van der Waals surface area contributed by atoms with Gasteiger partial charge in [0, 0.05) is 12.1 Å². The summed E-state index contributed by atoms with van der Waals surface area (Å²) in [5, 5.41) is 6.60. The highest BCUT2D eigenvalue weighted by molar-refractivity contribution is 5.83. The minimum absolute atomic E-state index is 0.0271. The first kappa shape index (κ1) is 15.3. The zero-order chi connectivity index (χ0) is 16.5. The number of amides is 1. The van der Waals surface area contributed by atoms with Crippen molar-refractivity contribution in [1.82, 2.24) is 10.6 Å². The third-order valence-corrected chi connectivity index (χ3v) is 4.87. The maximum absolute atomic E-state index is 13.4. The van der Waals surface area contributed by atoms with Crippen molar-refractivity contribution < 1.29 is 9.18 Å². The maximum atomic E-state index is 13.4. The van der Waals surface area contributed by atoms with Crippen molar-refractivity contribution in [2.24, 2.45) is 0 Å². The van der Waals surface area contributed by atoms with Crippen molar-refractivity contribution >= 4 is 5.91 Å². The molecule has 4 heteroatoms. The van der Waals surface area contributed by atoms with Crippen molar-refractivity contribution in [3.05, 3.63) is 71.0 Å². The molecule has 0 spiro atoms. The number of rotatable bonds is 5. The van der Waals surface area contributed by atoms with Gasteiger partial charge in [0.25, 0.3) is 0 Å². The van der Waals surface area contributed by atoms with Gasteiger partial charge in [-0.15, -0.1) is 0 Å². The Kier molecular flexibility index (Phi) is 4.07. The second-order valence-corrected chi connectivity index (χ2v) is 6.73. The van der Waals surface area contributed by atoms with Crippen molar-refractivity contribution in [1.29, 1.82) is 0 Å². The number of hydrogen-bond donors (Lipinski definition) is 2. The standard InChI is InChI=1S/C20H21FN2O/c21-15-7-10-17-14(12-15)6-11-18(17)23-19(13-4-2-1-3-5-13)20(24)22-16-8-9-16/h1-5,7,10,12,16,18-19,23H,6,8-9,11H2,(H,22,24). The number of nitrogens with one attached hydrogen (secondary N) is 2. The van der Waals surface area contributed by atoms with Gasteiger partial charge in [0.2, 0.25) is 5.91 Å². The normalized spacial score (nSPS) is 20.5. The SMILES string of the molecule is O=C(NC1CC1)C(NC1CCc2cc(F)ccc21)c1ccccc1. The van der Waals surface area contributed by atoms with E-state index in [0.717, 1.165) is 42.4 Å². The van der Waals surface area contributed by atoms with Crippen LogP contribution in [0.1, 0.15) is 48.0 Å². The molecular formula is C20H21FN2O. The van der Waals surface area contributed by atoms with Gasteiger partial charge in [-0.3, -0.25) is 10.1 Å². The highest BCUT2D eigenvalue weighted by Gasteiger charge is 2.32. The summed E-state index contributed by atoms with van der Waals surface area (Å²) >= 11 is 0. The topological polar surface area (TPSA) is 41.1 Å². The van der Waals surface area contributed by atoms with E-state index < -0.39 is 0 Å². The van der Waals surface area contributed by atoms with Crippen LogP contribution in [-0.4, -0.2) is 11.9 Å². The lowest BCUT2D eigenvalue weighted by atomic mass is 10.0. The maximum Gasteiger partial charge on any atom is 0.241 e. The molecule has 2 aliphatic rings. The first-order chi connectivity index (χ1) is 11.7. The fourth-order valence-electron chi connectivity index (χ4n) is 3.44. The van der Waals surface area contributed by atoms with Crippen LogP contribution in [0.4, 0.5) is 4.39 Å². The van der Waals surface area contributed by atoms with Gasteiger partial charge in [-0.2, -0.15) is 0 Å². The van der Waals surface area contributed by atoms with Crippen LogP contribution in [0.3, 0.4) is 0 Å². The third-order valence-electron chi connectivity index (χ3n) is 4.87. The zero-order valence-electron chi connectivity index (χ0n) is 13.5. The lowest BCUT2D eigenvalue weighted by Crippen LogP contribution is -2.39. The molecule has 2 unspecified atom stereocenters. The van der Waals surface area contributed by atoms with Gasteiger partial charge in [0.1, 0.15) is 11.9 Å². The third kappa shape index (κ3) is 3.20. The van der Waals surface area contributed by atoms with E-state index in [4.69, 9.17) is 0 Å². The molecule has 24 heavy (non-hydrogen) atoms. The van der Waals surface area contributed by atoms with Crippen LogP contribution in [0.15, 0.2) is 48.5 Å². The van der Waals surface area contributed by atoms with Crippen LogP contribution >= 0.6 is 0 Å². The van der Waals surface area contributed by atoms with Crippen LogP contribution in [-0.2, 0) is 11.2 Å². The molecule has 1 fully saturated rings. The predicted molar refractivity (Wildman–Crippen MR) is 90.9 cm³/mol. The number of benzene rings is 2. The number of carbonyl (C=O) groups is 1. The van der Waals surface area contributed by atoms with E-state index in [2.05, 4.69) is 10.6 Å². The van der Waals surface area contributed by atoms with Gasteiger partial charge >= 0.3 is 0 Å². The van der Waals surface area contributed by atoms with Crippen LogP contribution in [0.25, 0.3) is 0 Å². The molecule has 0 aliphatic heterocycles. The van der Waals surface area contributed by atoms with E-state index in [0.29, 0.717) is 6.04 Å². The second-order valence-electron chi connectivity index (χ2n) is 6.73. The molecule has 2 aromatic rings. The molecule has 2 atom stereocenters. The Bertz CT molecular complexity index is 743. The summed E-state index contributed by atoms with van der Waals surface area (Å²) in [6, 6.07) is 14.8. The van der Waals surface area contributed by atoms with Crippen LogP contribution in [0.2, 0.25) is 0 Å². The average Bonchev–Trinajstić information content (AvgIpc) is 3.32. The van der Waals surface area contributed by atoms with E-state index in [-0.39, 0.29) is 23.8 Å². The van der Waals surface area contributed by atoms with E-state index in [1.165, 1.54) is 6.07 Å². The van der Waals surface area contributed by atoms with Crippen LogP contribution in [0.5, 0.6) is 0 Å². The predicted octanol–water partition coefficient (Wildman–Crippen LogP) is 3.42. The summed E-state index contributed by atoms with van der Waals surface area (Å²) in [4.78, 5) is 12.7. The van der Waals surface area contributed by atoms with Gasteiger partial charge in [0.15, 0.2) is 0 Å². The first-order valence-electron chi connectivity index (χ1n) is 8.60. The van der Waals surface area contributed by atoms with Crippen molar-refractivity contribution in [3.8, 4) is 0 Å². The van der Waals surface area contributed by atoms with Gasteiger partial charge in [-0.05, 0) is 54.5 Å². The molecular weight excluding hydrogens is 303 g/mol. The molecule has 4 rings (SSSR count). The fraction of sp³-hybridized carbons (Fsp3) is 0.350. The smallest absolute Gasteiger partial charge is 0.241 e. The number of carbonyl (C=O) groups excluding carboxylic acids is 1.